The fourth-order valence-electron chi connectivity index (χ4n) is 3.45. The Morgan fingerprint density at radius 3 is 2.16 bits per heavy atom. The first-order valence-electron chi connectivity index (χ1n) is 10.6. The number of hydrogen-bond acceptors (Lipinski definition) is 5. The Bertz CT molecular complexity index is 731. The number of ether oxygens (including phenoxy) is 5. The Hall–Kier alpha value is -1.75. The lowest BCUT2D eigenvalue weighted by Crippen LogP contribution is -2.33. The Labute approximate surface area is 183 Å². The van der Waals surface area contributed by atoms with E-state index in [2.05, 4.69) is 23.8 Å². The van der Waals surface area contributed by atoms with Gasteiger partial charge in [0, 0.05) is 17.4 Å². The topological polar surface area (TPSA) is 46.2 Å². The Kier molecular flexibility index (Phi) is 8.87. The molecule has 180 valence electrons. The second kappa shape index (κ2) is 11.4. The molecule has 0 saturated carbocycles. The summed E-state index contributed by atoms with van der Waals surface area (Å²) in [6, 6.07) is 1.71. The second-order valence-corrected chi connectivity index (χ2v) is 7.85. The van der Waals surface area contributed by atoms with Gasteiger partial charge in [-0.3, -0.25) is 0 Å². The van der Waals surface area contributed by atoms with E-state index in [-0.39, 0.29) is 23.7 Å². The average molecular weight is 466 g/mol. The van der Waals surface area contributed by atoms with E-state index >= 15 is 0 Å². The summed E-state index contributed by atoms with van der Waals surface area (Å²) < 4.78 is 91.6. The molecule has 0 unspecified atom stereocenters. The molecule has 32 heavy (non-hydrogen) atoms. The Morgan fingerprint density at radius 2 is 1.59 bits per heavy atom. The minimum atomic E-state index is -4.70. The second-order valence-electron chi connectivity index (χ2n) is 7.85. The zero-order valence-electron chi connectivity index (χ0n) is 17.7. The summed E-state index contributed by atoms with van der Waals surface area (Å²) in [4.78, 5) is 0. The molecule has 1 aromatic carbocycles. The lowest BCUT2D eigenvalue weighted by Gasteiger charge is -2.32. The van der Waals surface area contributed by atoms with Crippen LogP contribution in [0.2, 0.25) is 0 Å². The van der Waals surface area contributed by atoms with Crippen molar-refractivity contribution in [1.29, 1.82) is 0 Å². The highest BCUT2D eigenvalue weighted by Gasteiger charge is 2.31. The lowest BCUT2D eigenvalue weighted by molar-refractivity contribution is -0.217. The van der Waals surface area contributed by atoms with Gasteiger partial charge in [-0.15, -0.1) is 0 Å². The van der Waals surface area contributed by atoms with Crippen molar-refractivity contribution in [3.05, 3.63) is 41.5 Å². The van der Waals surface area contributed by atoms with Gasteiger partial charge in [0.25, 0.3) is 0 Å². The van der Waals surface area contributed by atoms with E-state index in [1.807, 2.05) is 0 Å². The molecule has 2 aliphatic heterocycles. The molecule has 0 radical (unpaired) electrons. The fraction of sp³-hybridized carbons (Fsp3) is 0.636. The van der Waals surface area contributed by atoms with Crippen LogP contribution in [0.4, 0.5) is 22.0 Å². The molecule has 5 nitrogen and oxygen atoms in total. The summed E-state index contributed by atoms with van der Waals surface area (Å²) in [5, 5.41) is 0. The van der Waals surface area contributed by atoms with Crippen LogP contribution >= 0.6 is 0 Å². The number of rotatable bonds is 8. The minimum Gasteiger partial charge on any atom is -0.478 e. The van der Waals surface area contributed by atoms with Crippen LogP contribution in [0.15, 0.2) is 24.3 Å². The van der Waals surface area contributed by atoms with Crippen LogP contribution in [0.3, 0.4) is 0 Å². The largest absolute Gasteiger partial charge is 0.478 e. The monoisotopic (exact) mass is 466 g/mol. The van der Waals surface area contributed by atoms with Crippen molar-refractivity contribution in [3.8, 4) is 5.75 Å². The van der Waals surface area contributed by atoms with Crippen molar-refractivity contribution >= 4 is 0 Å². The SMILES string of the molecule is CCC=CC1COC(CCC2COC(c3cc(F)c(OCC(F)(F)F)c(F)c3)OC2)OC1. The van der Waals surface area contributed by atoms with Gasteiger partial charge in [0.15, 0.2) is 36.6 Å². The molecule has 0 spiro atoms. The van der Waals surface area contributed by atoms with Gasteiger partial charge in [0.05, 0.1) is 26.4 Å². The quantitative estimate of drug-likeness (QED) is 0.384. The highest BCUT2D eigenvalue weighted by molar-refractivity contribution is 5.32. The van der Waals surface area contributed by atoms with Gasteiger partial charge in [-0.2, -0.15) is 13.2 Å². The molecule has 0 atom stereocenters. The lowest BCUT2D eigenvalue weighted by atomic mass is 10.0. The molecule has 2 heterocycles. The summed E-state index contributed by atoms with van der Waals surface area (Å²) in [5.74, 6) is -3.27. The molecule has 0 amide bonds. The summed E-state index contributed by atoms with van der Waals surface area (Å²) >= 11 is 0. The molecule has 0 bridgehead atoms. The van der Waals surface area contributed by atoms with E-state index < -0.39 is 36.5 Å². The van der Waals surface area contributed by atoms with E-state index in [9.17, 15) is 22.0 Å². The van der Waals surface area contributed by atoms with Crippen LogP contribution in [0, 0.1) is 23.5 Å². The highest BCUT2D eigenvalue weighted by atomic mass is 19.4. The van der Waals surface area contributed by atoms with Gasteiger partial charge in [0.2, 0.25) is 0 Å². The molecule has 2 fully saturated rings. The third-order valence-corrected chi connectivity index (χ3v) is 5.09. The van der Waals surface area contributed by atoms with Crippen molar-refractivity contribution in [3.63, 3.8) is 0 Å². The van der Waals surface area contributed by atoms with Crippen LogP contribution in [0.5, 0.6) is 5.75 Å². The summed E-state index contributed by atoms with van der Waals surface area (Å²) in [6.07, 6.45) is 0.541. The first kappa shape index (κ1) is 24.9. The summed E-state index contributed by atoms with van der Waals surface area (Å²) in [6.45, 7) is 2.10. The molecule has 0 aliphatic carbocycles. The van der Waals surface area contributed by atoms with Gasteiger partial charge in [-0.1, -0.05) is 19.1 Å². The van der Waals surface area contributed by atoms with Gasteiger partial charge in [0.1, 0.15) is 0 Å². The Balaban J connectivity index is 1.43. The van der Waals surface area contributed by atoms with E-state index in [1.54, 1.807) is 0 Å². The number of alkyl halides is 3. The maximum Gasteiger partial charge on any atom is 0.422 e. The molecule has 0 aromatic heterocycles. The van der Waals surface area contributed by atoms with Crippen LogP contribution in [-0.4, -0.2) is 45.5 Å². The van der Waals surface area contributed by atoms with Gasteiger partial charge in [-0.05, 0) is 31.4 Å². The predicted molar refractivity (Wildman–Crippen MR) is 104 cm³/mol. The molecule has 1 aromatic rings. The first-order chi connectivity index (χ1) is 15.2. The number of halogens is 5. The number of hydrogen-bond donors (Lipinski definition) is 0. The smallest absolute Gasteiger partial charge is 0.422 e. The summed E-state index contributed by atoms with van der Waals surface area (Å²) in [7, 11) is 0. The molecule has 3 rings (SSSR count). The normalized spacial score (nSPS) is 27.1. The fourth-order valence-corrected chi connectivity index (χ4v) is 3.45. The van der Waals surface area contributed by atoms with Crippen molar-refractivity contribution in [2.75, 3.05) is 33.0 Å². The average Bonchev–Trinajstić information content (AvgIpc) is 2.76. The molecule has 2 saturated heterocycles. The van der Waals surface area contributed by atoms with Gasteiger partial charge in [-0.25, -0.2) is 8.78 Å². The van der Waals surface area contributed by atoms with Crippen LogP contribution in [0.1, 0.15) is 38.0 Å². The van der Waals surface area contributed by atoms with E-state index in [0.29, 0.717) is 32.8 Å². The van der Waals surface area contributed by atoms with Crippen molar-refractivity contribution in [2.24, 2.45) is 11.8 Å². The van der Waals surface area contributed by atoms with Crippen molar-refractivity contribution in [2.45, 2.75) is 44.9 Å². The highest BCUT2D eigenvalue weighted by Crippen LogP contribution is 2.32. The van der Waals surface area contributed by atoms with Gasteiger partial charge < -0.3 is 23.7 Å². The van der Waals surface area contributed by atoms with Crippen molar-refractivity contribution < 1.29 is 45.6 Å². The maximum atomic E-state index is 14.1. The summed E-state index contributed by atoms with van der Waals surface area (Å²) in [5.41, 5.74) is 0.0305. The Morgan fingerprint density at radius 1 is 0.969 bits per heavy atom. The van der Waals surface area contributed by atoms with E-state index in [1.165, 1.54) is 0 Å². The molecular formula is C22H27F5O5. The molecule has 0 N–H and O–H groups in total. The zero-order valence-corrected chi connectivity index (χ0v) is 17.7. The number of benzene rings is 1. The van der Waals surface area contributed by atoms with E-state index in [4.69, 9.17) is 18.9 Å². The van der Waals surface area contributed by atoms with Crippen LogP contribution in [-0.2, 0) is 18.9 Å². The molecule has 2 aliphatic rings. The van der Waals surface area contributed by atoms with Crippen LogP contribution < -0.4 is 4.74 Å². The third kappa shape index (κ3) is 7.40. The van der Waals surface area contributed by atoms with Crippen LogP contribution in [0.25, 0.3) is 0 Å². The number of allylic oxidation sites excluding steroid dienone is 1. The maximum absolute atomic E-state index is 14.1. The third-order valence-electron chi connectivity index (χ3n) is 5.09. The van der Waals surface area contributed by atoms with Crippen molar-refractivity contribution in [1.82, 2.24) is 0 Å². The predicted octanol–water partition coefficient (Wildman–Crippen LogP) is 5.30. The molecule has 10 heteroatoms. The standard InChI is InChI=1S/C22H27F5O5/c1-2-3-4-14-9-28-19(29-10-14)6-5-15-11-30-21(31-12-15)16-7-17(23)20(18(24)8-16)32-13-22(25,26)27/h3-4,7-8,14-15,19,21H,2,5-6,9-13H2,1H3. The minimum absolute atomic E-state index is 0.0305. The zero-order chi connectivity index (χ0) is 23.1. The molecular weight excluding hydrogens is 439 g/mol. The van der Waals surface area contributed by atoms with Gasteiger partial charge >= 0.3 is 6.18 Å². The van der Waals surface area contributed by atoms with E-state index in [0.717, 1.165) is 25.0 Å². The first-order valence-corrected chi connectivity index (χ1v) is 10.6.